The first-order chi connectivity index (χ1) is 49.1. The second kappa shape index (κ2) is 31.7. The minimum absolute atomic E-state index is 0.0229. The second-order valence-corrected chi connectivity index (χ2v) is 29.8. The Morgan fingerprint density at radius 3 is 2.24 bits per heavy atom. The molecule has 8 heterocycles. The summed E-state index contributed by atoms with van der Waals surface area (Å²) in [6, 6.07) is 15.6. The Morgan fingerprint density at radius 2 is 1.56 bits per heavy atom. The van der Waals surface area contributed by atoms with Crippen LogP contribution in [0.5, 0.6) is 5.75 Å². The lowest BCUT2D eigenvalue weighted by Gasteiger charge is -2.39. The number of benzene rings is 4. The van der Waals surface area contributed by atoms with Crippen LogP contribution in [0.2, 0.25) is 0 Å². The van der Waals surface area contributed by atoms with Gasteiger partial charge in [-0.2, -0.15) is 4.31 Å². The van der Waals surface area contributed by atoms with Gasteiger partial charge in [0.25, 0.3) is 5.91 Å². The monoisotopic (exact) mass is 1460 g/mol. The van der Waals surface area contributed by atoms with Crippen LogP contribution in [0, 0.1) is 11.8 Å². The molecule has 5 aliphatic rings. The first-order valence-electron chi connectivity index (χ1n) is 32.9. The van der Waals surface area contributed by atoms with Crippen molar-refractivity contribution in [2.45, 2.75) is 95.3 Å². The maximum Gasteiger partial charge on any atom is 0.488 e. The lowest BCUT2D eigenvalue weighted by atomic mass is 9.82. The van der Waals surface area contributed by atoms with Crippen molar-refractivity contribution in [3.05, 3.63) is 133 Å². The van der Waals surface area contributed by atoms with Gasteiger partial charge in [-0.25, -0.2) is 33.2 Å². The fraction of sp³-hybridized carbons (Fsp3) is 0.431. The van der Waals surface area contributed by atoms with Crippen molar-refractivity contribution in [2.75, 3.05) is 101 Å². The molecule has 1 saturated heterocycles. The van der Waals surface area contributed by atoms with Crippen LogP contribution in [0.25, 0.3) is 64.9 Å². The summed E-state index contributed by atoms with van der Waals surface area (Å²) in [7, 11) is -15.7. The van der Waals surface area contributed by atoms with Crippen LogP contribution >= 0.6 is 23.2 Å². The number of carbonyl (C=O) groups is 4. The second-order valence-electron chi connectivity index (χ2n) is 24.8. The number of nitrogens with zero attached hydrogens (tertiary/aromatic N) is 12. The minimum atomic E-state index is -5.58. The van der Waals surface area contributed by atoms with Crippen LogP contribution < -0.4 is 30.9 Å². The molecule has 2 amide bonds. The molecule has 5 unspecified atom stereocenters. The van der Waals surface area contributed by atoms with Crippen LogP contribution in [-0.4, -0.2) is 167 Å². The number of ketones is 1. The summed E-state index contributed by atoms with van der Waals surface area (Å²) >= 11 is 0. The number of aromatic nitrogens is 4. The number of hydrogen-bond donors (Lipinski definition) is 7. The molecule has 0 radical (unpaired) electrons. The molecule has 37 heteroatoms. The average Bonchev–Trinajstić information content (AvgIpc) is 0.769. The van der Waals surface area contributed by atoms with E-state index in [0.717, 1.165) is 105 Å². The summed E-state index contributed by atoms with van der Waals surface area (Å²) in [4.78, 5) is 107. The first-order valence-corrected chi connectivity index (χ1v) is 37.9. The largest absolute Gasteiger partial charge is 0.491 e. The number of hydrogen-bond acceptors (Lipinski definition) is 23. The van der Waals surface area contributed by atoms with Gasteiger partial charge in [-0.05, 0) is 128 Å². The highest BCUT2D eigenvalue weighted by atomic mass is 31.3. The van der Waals surface area contributed by atoms with E-state index >= 15 is 0 Å². The molecular weight excluding hydrogens is 1390 g/mol. The first kappa shape index (κ1) is 72.7. The lowest BCUT2D eigenvalue weighted by molar-refractivity contribution is -0.126. The summed E-state index contributed by atoms with van der Waals surface area (Å²) in [6.45, 7) is 2.28. The van der Waals surface area contributed by atoms with Gasteiger partial charge in [0, 0.05) is 118 Å². The zero-order valence-electron chi connectivity index (χ0n) is 55.1. The van der Waals surface area contributed by atoms with E-state index in [0.29, 0.717) is 28.7 Å². The minimum Gasteiger partial charge on any atom is -0.491 e. The zero-order chi connectivity index (χ0) is 71.9. The summed E-state index contributed by atoms with van der Waals surface area (Å²) in [6.07, 6.45) is 6.29. The van der Waals surface area contributed by atoms with Crippen molar-refractivity contribution in [3.63, 3.8) is 0 Å². The number of pyridine rings is 1. The predicted octanol–water partition coefficient (Wildman–Crippen LogP) is 9.09. The number of anilines is 3. The van der Waals surface area contributed by atoms with E-state index in [-0.39, 0.29) is 86.3 Å². The highest BCUT2D eigenvalue weighted by Crippen LogP contribution is 2.66. The molecule has 5 aliphatic heterocycles. The lowest BCUT2D eigenvalue weighted by Crippen LogP contribution is -2.35. The molecule has 3 aromatic heterocycles. The molecule has 7 aromatic rings. The fourth-order valence-corrected chi connectivity index (χ4v) is 17.3. The number of carboxylic acid groups (broad SMARTS) is 1. The molecule has 12 rings (SSSR count). The highest BCUT2D eigenvalue weighted by Gasteiger charge is 2.44. The molecule has 0 spiro atoms. The smallest absolute Gasteiger partial charge is 0.488 e. The Bertz CT molecular complexity index is 4690. The van der Waals surface area contributed by atoms with E-state index in [2.05, 4.69) is 83.0 Å². The van der Waals surface area contributed by atoms with Crippen molar-refractivity contribution in [3.8, 4) is 28.7 Å². The number of Topliss-reactive ketones (excluding diaryl/α,β-unsaturated/α-hetero) is 1. The van der Waals surface area contributed by atoms with Gasteiger partial charge in [0.1, 0.15) is 55.8 Å². The third-order valence-electron chi connectivity index (χ3n) is 17.9. The Labute approximate surface area is 582 Å². The topological polar surface area (TPSA) is 472 Å². The van der Waals surface area contributed by atoms with Gasteiger partial charge < -0.3 is 74.2 Å². The van der Waals surface area contributed by atoms with Crippen molar-refractivity contribution in [2.24, 2.45) is 10.2 Å². The van der Waals surface area contributed by atoms with Gasteiger partial charge in [0.2, 0.25) is 5.91 Å². The number of aryl methyl sites for hydroxylation is 4. The van der Waals surface area contributed by atoms with Gasteiger partial charge >= 0.3 is 29.2 Å². The van der Waals surface area contributed by atoms with Crippen LogP contribution in [0.4, 0.5) is 17.2 Å². The van der Waals surface area contributed by atoms with Gasteiger partial charge in [0.15, 0.2) is 12.0 Å². The van der Waals surface area contributed by atoms with E-state index in [1.165, 1.54) is 56.8 Å². The summed E-state index contributed by atoms with van der Waals surface area (Å²) < 4.78 is 79.2. The van der Waals surface area contributed by atoms with Gasteiger partial charge in [-0.15, -0.1) is 0 Å². The molecule has 34 nitrogen and oxygen atoms in total. The third-order valence-corrected chi connectivity index (χ3v) is 22.1. The van der Waals surface area contributed by atoms with E-state index in [1.54, 1.807) is 36.4 Å². The maximum absolute atomic E-state index is 14.2. The standard InChI is InChI=1S/C65H72N15O19P3/c1-100(86,87)98-102(90,91)99-101(88,89)96-33-52-51(95-37-73-76-67)31-55(97-52)80-32-42(56-62(66)71-36-72-63(56)80)10-3-19-69-53(82)34-92-25-26-93-54(75-77-68)35-94-43-13-2-9-41(27-43)64(83)70-20-4-16-50(81)38-17-18-44(65(84)85)47(28-38)57-48-29-39-11-5-21-78-23-7-14-45(60(39)78)58(48)74-59-46-15-8-24-79-22-6-12-40(61(46)79)30-49(57)59/h2,9,13,17-18,27-30,32,36,51-52,54-55H,4-8,11-12,14-16,19-26,31,33-35,37H2,1H3,(H,69,82)(H,70,83)(H,84,85)(H,86,87)(H,88,89)(H,90,91)(H2,66,71,72)/t51?,52-,54?,55-/m1/s1. The third kappa shape index (κ3) is 16.8. The molecule has 1 fully saturated rings. The van der Waals surface area contributed by atoms with Gasteiger partial charge in [-0.1, -0.05) is 34.2 Å². The van der Waals surface area contributed by atoms with E-state index in [4.69, 9.17) is 44.5 Å². The van der Waals surface area contributed by atoms with Crippen molar-refractivity contribution in [1.29, 1.82) is 0 Å². The average molecular weight is 1460 g/mol. The fourth-order valence-electron chi connectivity index (χ4n) is 13.8. The molecule has 0 saturated carbocycles. The van der Waals surface area contributed by atoms with Crippen LogP contribution in [0.1, 0.15) is 110 Å². The Balaban J connectivity index is 0.612. The number of phosphoric acid groups is 2. The number of nitrogens with two attached hydrogens (primary N) is 1. The number of azide groups is 2. The number of amides is 2. The quantitative estimate of drug-likeness (QED) is 0.00322. The number of phosphoric ester groups is 1. The Kier molecular flexibility index (Phi) is 22.6. The highest BCUT2D eigenvalue weighted by molar-refractivity contribution is 7.68. The predicted molar refractivity (Wildman–Crippen MR) is 370 cm³/mol. The van der Waals surface area contributed by atoms with Crippen LogP contribution in [0.3, 0.4) is 0 Å². The van der Waals surface area contributed by atoms with E-state index < -0.39 is 85.6 Å². The number of carbonyl (C=O) groups excluding carboxylic acids is 3. The van der Waals surface area contributed by atoms with E-state index in [9.17, 15) is 58.2 Å². The van der Waals surface area contributed by atoms with Crippen LogP contribution in [-0.2, 0) is 76.3 Å². The van der Waals surface area contributed by atoms with Crippen molar-refractivity contribution < 1.29 is 89.5 Å². The Hall–Kier alpha value is -9.08. The number of fused-ring (bicyclic) bond motifs is 5. The molecule has 8 N–H and O–H groups in total. The van der Waals surface area contributed by atoms with Gasteiger partial charge in [-0.3, -0.25) is 23.5 Å². The van der Waals surface area contributed by atoms with Crippen molar-refractivity contribution in [1.82, 2.24) is 30.2 Å². The molecule has 7 atom stereocenters. The molecule has 0 bridgehead atoms. The summed E-state index contributed by atoms with van der Waals surface area (Å²) in [5.74, 6) is 3.73. The number of carboxylic acids is 1. The molecule has 102 heavy (non-hydrogen) atoms. The normalized spacial score (nSPS) is 18.8. The van der Waals surface area contributed by atoms with E-state index in [1.807, 2.05) is 0 Å². The molecule has 4 aromatic carbocycles. The zero-order valence-corrected chi connectivity index (χ0v) is 57.8. The molecule has 0 aliphatic carbocycles. The summed E-state index contributed by atoms with van der Waals surface area (Å²) in [5, 5.41) is 25.4. The number of rotatable bonds is 30. The number of nitrogen functional groups attached to an aromatic ring is 1. The number of ether oxygens (including phenoxy) is 5. The molecule has 536 valence electrons. The number of aromatic carboxylic acids is 1. The SMILES string of the molecule is CP(=O)(O)OP(=O)(O)OP(=O)(O)OC[C@H]1O[C@@H](n2cc(C#CCNC(=O)COCCOC(COc3cccc(C(=O)NCCCC(=O)c4ccc(C(=O)O)c(-c5c6cc7c8c(c6nc6c9c%10c(cc56)CCCN%10CCC9)CCCN8CCC7)c4)c3)N=[N+]=[N-])c3c(N)ncnc32)CC1OCN=[N+]=[N-]. The van der Waals surface area contributed by atoms with Crippen molar-refractivity contribution >= 4 is 96.8 Å². The van der Waals surface area contributed by atoms with Crippen LogP contribution in [0.15, 0.2) is 77.3 Å². The Morgan fingerprint density at radius 1 is 0.853 bits per heavy atom. The molecular formula is C65H72N15O19P3. The maximum atomic E-state index is 14.2. The summed E-state index contributed by atoms with van der Waals surface area (Å²) in [5.41, 5.74) is 36.2. The number of nitrogens with one attached hydrogen (secondary N) is 2. The van der Waals surface area contributed by atoms with Gasteiger partial charge in [0.05, 0.1) is 60.0 Å².